The number of rotatable bonds is 3. The summed E-state index contributed by atoms with van der Waals surface area (Å²) in [5.41, 5.74) is 5.74. The molecular weight excluding hydrogens is 284 g/mol. The lowest BCUT2D eigenvalue weighted by atomic mass is 10.1. The third-order valence-electron chi connectivity index (χ3n) is 3.34. The van der Waals surface area contributed by atoms with E-state index in [-0.39, 0.29) is 18.9 Å². The van der Waals surface area contributed by atoms with Crippen LogP contribution in [-0.4, -0.2) is 29.9 Å². The number of carbonyl (C=O) groups excluding carboxylic acids is 3. The monoisotopic (exact) mass is 304 g/mol. The predicted octanol–water partition coefficient (Wildman–Crippen LogP) is 1.48. The molecule has 1 unspecified atom stereocenters. The Kier molecular flexibility index (Phi) is 4.21. The third kappa shape index (κ3) is 3.63. The van der Waals surface area contributed by atoms with Crippen molar-refractivity contribution in [2.45, 2.75) is 32.8 Å². The van der Waals surface area contributed by atoms with E-state index in [1.165, 1.54) is 4.90 Å². The zero-order valence-electron chi connectivity index (χ0n) is 13.0. The molecule has 6 nitrogen and oxygen atoms in total. The van der Waals surface area contributed by atoms with E-state index < -0.39 is 23.4 Å². The average molecular weight is 304 g/mol. The van der Waals surface area contributed by atoms with Crippen LogP contribution < -0.4 is 10.6 Å². The fraction of sp³-hybridized carbons (Fsp3) is 0.438. The zero-order valence-corrected chi connectivity index (χ0v) is 13.0. The van der Waals surface area contributed by atoms with Crippen LogP contribution in [-0.2, 0) is 14.3 Å². The summed E-state index contributed by atoms with van der Waals surface area (Å²) in [5, 5.41) is 0. The van der Waals surface area contributed by atoms with Crippen LogP contribution in [0.25, 0.3) is 0 Å². The van der Waals surface area contributed by atoms with Gasteiger partial charge < -0.3 is 15.4 Å². The molecule has 2 amide bonds. The van der Waals surface area contributed by atoms with E-state index in [1.54, 1.807) is 45.0 Å². The SMILES string of the molecule is CC(C)(C)OC(=O)c1ccc(N2CC(C(N)=O)CC2=O)cc1. The quantitative estimate of drug-likeness (QED) is 0.856. The average Bonchev–Trinajstić information content (AvgIpc) is 2.79. The summed E-state index contributed by atoms with van der Waals surface area (Å²) in [5.74, 6) is -1.49. The summed E-state index contributed by atoms with van der Waals surface area (Å²) in [6.07, 6.45) is 0.128. The Hall–Kier alpha value is -2.37. The first-order chi connectivity index (χ1) is 10.2. The fourth-order valence-corrected chi connectivity index (χ4v) is 2.26. The van der Waals surface area contributed by atoms with E-state index in [0.717, 1.165) is 0 Å². The zero-order chi connectivity index (χ0) is 16.5. The molecule has 0 saturated carbocycles. The number of hydrogen-bond acceptors (Lipinski definition) is 4. The van der Waals surface area contributed by atoms with Gasteiger partial charge in [0.2, 0.25) is 11.8 Å². The van der Waals surface area contributed by atoms with Gasteiger partial charge in [-0.25, -0.2) is 4.79 Å². The maximum absolute atomic E-state index is 11.9. The number of ether oxygens (including phenoxy) is 1. The van der Waals surface area contributed by atoms with E-state index in [1.807, 2.05) is 0 Å². The standard InChI is InChI=1S/C16H20N2O4/c1-16(2,3)22-15(21)10-4-6-12(7-5-10)18-9-11(14(17)20)8-13(18)19/h4-7,11H,8-9H2,1-3H3,(H2,17,20). The van der Waals surface area contributed by atoms with Gasteiger partial charge in [-0.1, -0.05) is 0 Å². The van der Waals surface area contributed by atoms with Gasteiger partial charge in [-0.3, -0.25) is 9.59 Å². The van der Waals surface area contributed by atoms with E-state index in [4.69, 9.17) is 10.5 Å². The van der Waals surface area contributed by atoms with Crippen molar-refractivity contribution in [1.82, 2.24) is 0 Å². The lowest BCUT2D eigenvalue weighted by Gasteiger charge is -2.20. The molecule has 1 fully saturated rings. The summed E-state index contributed by atoms with van der Waals surface area (Å²) >= 11 is 0. The molecular formula is C16H20N2O4. The number of nitrogens with two attached hydrogens (primary N) is 1. The van der Waals surface area contributed by atoms with Crippen molar-refractivity contribution in [3.63, 3.8) is 0 Å². The van der Waals surface area contributed by atoms with Crippen LogP contribution in [0.4, 0.5) is 5.69 Å². The van der Waals surface area contributed by atoms with Crippen molar-refractivity contribution >= 4 is 23.5 Å². The predicted molar refractivity (Wildman–Crippen MR) is 81.3 cm³/mol. The second-order valence-corrected chi connectivity index (χ2v) is 6.36. The Morgan fingerprint density at radius 3 is 2.27 bits per heavy atom. The first kappa shape index (κ1) is 16.0. The minimum atomic E-state index is -0.560. The van der Waals surface area contributed by atoms with E-state index in [9.17, 15) is 14.4 Å². The van der Waals surface area contributed by atoms with Gasteiger partial charge in [-0.2, -0.15) is 0 Å². The molecule has 1 atom stereocenters. The molecule has 0 aliphatic carbocycles. The van der Waals surface area contributed by atoms with Gasteiger partial charge >= 0.3 is 5.97 Å². The summed E-state index contributed by atoms with van der Waals surface area (Å²) in [6, 6.07) is 6.55. The molecule has 22 heavy (non-hydrogen) atoms. The highest BCUT2D eigenvalue weighted by atomic mass is 16.6. The van der Waals surface area contributed by atoms with Gasteiger partial charge in [0.1, 0.15) is 5.60 Å². The maximum atomic E-state index is 11.9. The number of benzene rings is 1. The number of amides is 2. The normalized spacial score (nSPS) is 18.4. The van der Waals surface area contributed by atoms with Gasteiger partial charge in [-0.05, 0) is 45.0 Å². The van der Waals surface area contributed by atoms with Crippen molar-refractivity contribution in [2.75, 3.05) is 11.4 Å². The lowest BCUT2D eigenvalue weighted by Crippen LogP contribution is -2.28. The molecule has 1 aromatic rings. The summed E-state index contributed by atoms with van der Waals surface area (Å²) in [7, 11) is 0. The van der Waals surface area contributed by atoms with Gasteiger partial charge in [0.15, 0.2) is 0 Å². The fourth-order valence-electron chi connectivity index (χ4n) is 2.26. The molecule has 0 radical (unpaired) electrons. The van der Waals surface area contributed by atoms with Crippen molar-refractivity contribution in [3.05, 3.63) is 29.8 Å². The Morgan fingerprint density at radius 1 is 1.23 bits per heavy atom. The number of hydrogen-bond donors (Lipinski definition) is 1. The Labute approximate surface area is 129 Å². The van der Waals surface area contributed by atoms with E-state index in [2.05, 4.69) is 0 Å². The van der Waals surface area contributed by atoms with Gasteiger partial charge in [-0.15, -0.1) is 0 Å². The molecule has 0 spiro atoms. The molecule has 0 bridgehead atoms. The first-order valence-electron chi connectivity index (χ1n) is 7.10. The van der Waals surface area contributed by atoms with Crippen molar-refractivity contribution in [1.29, 1.82) is 0 Å². The van der Waals surface area contributed by atoms with Gasteiger partial charge in [0.25, 0.3) is 0 Å². The van der Waals surface area contributed by atoms with Crippen molar-refractivity contribution < 1.29 is 19.1 Å². The minimum Gasteiger partial charge on any atom is -0.456 e. The largest absolute Gasteiger partial charge is 0.456 e. The molecule has 1 aromatic carbocycles. The third-order valence-corrected chi connectivity index (χ3v) is 3.34. The molecule has 6 heteroatoms. The first-order valence-corrected chi connectivity index (χ1v) is 7.10. The highest BCUT2D eigenvalue weighted by Gasteiger charge is 2.33. The topological polar surface area (TPSA) is 89.7 Å². The van der Waals surface area contributed by atoms with Crippen LogP contribution in [0, 0.1) is 5.92 Å². The Morgan fingerprint density at radius 2 is 1.82 bits per heavy atom. The Balaban J connectivity index is 2.11. The lowest BCUT2D eigenvalue weighted by molar-refractivity contribution is -0.123. The summed E-state index contributed by atoms with van der Waals surface area (Å²) in [4.78, 5) is 36.5. The van der Waals surface area contributed by atoms with E-state index in [0.29, 0.717) is 11.3 Å². The smallest absolute Gasteiger partial charge is 0.338 e. The van der Waals surface area contributed by atoms with Crippen LogP contribution in [0.15, 0.2) is 24.3 Å². The van der Waals surface area contributed by atoms with Gasteiger partial charge in [0, 0.05) is 18.7 Å². The molecule has 1 saturated heterocycles. The van der Waals surface area contributed by atoms with Crippen LogP contribution >= 0.6 is 0 Å². The number of nitrogens with zero attached hydrogens (tertiary/aromatic N) is 1. The van der Waals surface area contributed by atoms with Crippen molar-refractivity contribution in [3.8, 4) is 0 Å². The number of anilines is 1. The molecule has 2 N–H and O–H groups in total. The van der Waals surface area contributed by atoms with E-state index >= 15 is 0 Å². The highest BCUT2D eigenvalue weighted by molar-refractivity contribution is 6.00. The van der Waals surface area contributed by atoms with Crippen LogP contribution in [0.1, 0.15) is 37.6 Å². The molecule has 1 heterocycles. The molecule has 0 aromatic heterocycles. The molecule has 2 rings (SSSR count). The van der Waals surface area contributed by atoms with Gasteiger partial charge in [0.05, 0.1) is 11.5 Å². The molecule has 118 valence electrons. The van der Waals surface area contributed by atoms with Crippen molar-refractivity contribution in [2.24, 2.45) is 11.7 Å². The highest BCUT2D eigenvalue weighted by Crippen LogP contribution is 2.25. The Bertz CT molecular complexity index is 602. The van der Waals surface area contributed by atoms with Crippen LogP contribution in [0.5, 0.6) is 0 Å². The number of carbonyl (C=O) groups is 3. The molecule has 1 aliphatic rings. The molecule has 1 aliphatic heterocycles. The maximum Gasteiger partial charge on any atom is 0.338 e. The number of esters is 1. The second-order valence-electron chi connectivity index (χ2n) is 6.36. The summed E-state index contributed by atoms with van der Waals surface area (Å²) < 4.78 is 5.28. The summed E-state index contributed by atoms with van der Waals surface area (Å²) in [6.45, 7) is 5.67. The minimum absolute atomic E-state index is 0.128. The van der Waals surface area contributed by atoms with Crippen LogP contribution in [0.2, 0.25) is 0 Å². The second kappa shape index (κ2) is 5.79. The van der Waals surface area contributed by atoms with Crippen LogP contribution in [0.3, 0.4) is 0 Å². The number of primary amides is 1.